The highest BCUT2D eigenvalue weighted by Crippen LogP contribution is 2.66. The molecule has 1 saturated heterocycles. The highest BCUT2D eigenvalue weighted by molar-refractivity contribution is 7.66. The second-order valence-corrected chi connectivity index (χ2v) is 10.1. The number of aliphatic hydroxyl groups excluding tert-OH is 1. The number of aliphatic hydroxyl groups is 1. The molecule has 0 bridgehead atoms. The minimum atomic E-state index is -5.68. The predicted molar refractivity (Wildman–Crippen MR) is 95.2 cm³/mol. The van der Waals surface area contributed by atoms with Crippen LogP contribution in [-0.2, 0) is 31.6 Å². The van der Waals surface area contributed by atoms with E-state index in [1.165, 1.54) is 0 Å². The summed E-state index contributed by atoms with van der Waals surface area (Å²) in [6.07, 6.45) is 2.44. The van der Waals surface area contributed by atoms with Crippen LogP contribution in [0.4, 0.5) is 5.82 Å². The van der Waals surface area contributed by atoms with Gasteiger partial charge < -0.3 is 35.2 Å². The average molecular weight is 491 g/mol. The largest absolute Gasteiger partial charge is 0.490 e. The lowest BCUT2D eigenvalue weighted by Crippen LogP contribution is -2.29. The second-order valence-electron chi connectivity index (χ2n) is 5.69. The van der Waals surface area contributed by atoms with Crippen LogP contribution in [0.25, 0.3) is 0 Å². The van der Waals surface area contributed by atoms with E-state index in [4.69, 9.17) is 31.6 Å². The summed E-state index contributed by atoms with van der Waals surface area (Å²) in [5, 5.41) is 10.0. The summed E-state index contributed by atoms with van der Waals surface area (Å²) >= 11 is 0. The van der Waals surface area contributed by atoms with Gasteiger partial charge in [-0.1, -0.05) is 5.92 Å². The Kier molecular flexibility index (Phi) is 7.43. The zero-order valence-corrected chi connectivity index (χ0v) is 17.3. The standard InChI is InChI=1S/C11H16N3O13P3/c1-2-6-4-14(11(16)13-10(6)12)9-3-7(15)8(25-9)5-24-29(20,21)27-30(22,23)26-28(17,18)19/h1,4,7-9,15H,3,5H2,(H,20,21)(H,22,23)(H2,12,13,16)(H2,17,18,19)/t7-,8+,9+/m1/s1. The summed E-state index contributed by atoms with van der Waals surface area (Å²) < 4.78 is 51.3. The maximum atomic E-state index is 12.0. The quantitative estimate of drug-likeness (QED) is 0.184. The molecule has 0 spiro atoms. The molecule has 1 aliphatic rings. The van der Waals surface area contributed by atoms with E-state index in [1.54, 1.807) is 0 Å². The number of phosphoric ester groups is 1. The van der Waals surface area contributed by atoms with Gasteiger partial charge in [0.1, 0.15) is 18.1 Å². The molecule has 16 nitrogen and oxygen atoms in total. The van der Waals surface area contributed by atoms with Gasteiger partial charge in [-0.05, 0) is 0 Å². The minimum Gasteiger partial charge on any atom is -0.390 e. The molecule has 1 aromatic rings. The molecule has 0 saturated carbocycles. The molecular formula is C11H16N3O13P3. The Bertz CT molecular complexity index is 1040. The van der Waals surface area contributed by atoms with E-state index in [0.717, 1.165) is 10.8 Å². The lowest BCUT2D eigenvalue weighted by atomic mass is 10.2. The van der Waals surface area contributed by atoms with Gasteiger partial charge in [-0.15, -0.1) is 6.42 Å². The molecule has 2 rings (SSSR count). The van der Waals surface area contributed by atoms with Crippen LogP contribution < -0.4 is 11.4 Å². The minimum absolute atomic E-state index is 0.0735. The molecule has 1 fully saturated rings. The third-order valence-electron chi connectivity index (χ3n) is 3.47. The number of anilines is 1. The predicted octanol–water partition coefficient (Wildman–Crippen LogP) is -1.20. The number of ether oxygens (including phenoxy) is 1. The maximum absolute atomic E-state index is 12.0. The Morgan fingerprint density at radius 1 is 1.27 bits per heavy atom. The number of terminal acetylenes is 1. The van der Waals surface area contributed by atoms with Gasteiger partial charge in [0.15, 0.2) is 0 Å². The number of hydrogen-bond donors (Lipinski definition) is 6. The van der Waals surface area contributed by atoms with Gasteiger partial charge in [0, 0.05) is 12.6 Å². The Balaban J connectivity index is 2.05. The van der Waals surface area contributed by atoms with Gasteiger partial charge in [0.2, 0.25) is 0 Å². The lowest BCUT2D eigenvalue weighted by molar-refractivity contribution is -0.0449. The SMILES string of the molecule is C#Cc1cn([C@@H]2C[C@@H](O)[C@H](COP(=O)(O)OP(=O)(O)OP(=O)(O)O)O2)c(=O)nc1N. The molecule has 168 valence electrons. The van der Waals surface area contributed by atoms with Crippen molar-refractivity contribution in [1.29, 1.82) is 0 Å². The number of phosphoric acid groups is 3. The zero-order valence-electron chi connectivity index (χ0n) is 14.6. The first kappa shape index (κ1) is 24.8. The van der Waals surface area contributed by atoms with Crippen LogP contribution in [0.2, 0.25) is 0 Å². The van der Waals surface area contributed by atoms with Crippen molar-refractivity contribution in [2.75, 3.05) is 12.3 Å². The van der Waals surface area contributed by atoms with Gasteiger partial charge in [-0.3, -0.25) is 9.09 Å². The number of hydrogen-bond acceptors (Lipinski definition) is 11. The molecule has 1 aromatic heterocycles. The smallest absolute Gasteiger partial charge is 0.390 e. The first-order valence-corrected chi connectivity index (χ1v) is 12.1. The van der Waals surface area contributed by atoms with Crippen LogP contribution in [0.15, 0.2) is 11.0 Å². The molecule has 30 heavy (non-hydrogen) atoms. The van der Waals surface area contributed by atoms with Crippen molar-refractivity contribution in [2.45, 2.75) is 24.9 Å². The van der Waals surface area contributed by atoms with E-state index >= 15 is 0 Å². The average Bonchev–Trinajstić information content (AvgIpc) is 2.90. The number of aromatic nitrogens is 2. The first-order valence-electron chi connectivity index (χ1n) is 7.59. The van der Waals surface area contributed by atoms with Crippen molar-refractivity contribution in [2.24, 2.45) is 0 Å². The van der Waals surface area contributed by atoms with E-state index in [0.29, 0.717) is 0 Å². The van der Waals surface area contributed by atoms with Crippen molar-refractivity contribution >= 4 is 29.3 Å². The summed E-state index contributed by atoms with van der Waals surface area (Å²) in [7, 11) is -16.6. The zero-order chi connectivity index (χ0) is 22.9. The van der Waals surface area contributed by atoms with Gasteiger partial charge in [-0.2, -0.15) is 13.6 Å². The summed E-state index contributed by atoms with van der Waals surface area (Å²) in [6.45, 7) is -0.888. The number of rotatable bonds is 8. The van der Waals surface area contributed by atoms with Crippen LogP contribution in [0.1, 0.15) is 18.2 Å². The molecule has 2 heterocycles. The Hall–Kier alpha value is -1.43. The monoisotopic (exact) mass is 491 g/mol. The molecule has 0 aromatic carbocycles. The Morgan fingerprint density at radius 2 is 1.90 bits per heavy atom. The lowest BCUT2D eigenvalue weighted by Gasteiger charge is -2.19. The molecule has 1 aliphatic heterocycles. The van der Waals surface area contributed by atoms with Gasteiger partial charge >= 0.3 is 29.2 Å². The molecule has 0 amide bonds. The Labute approximate surface area is 167 Å². The van der Waals surface area contributed by atoms with Crippen LogP contribution in [0, 0.1) is 12.3 Å². The van der Waals surface area contributed by atoms with E-state index in [-0.39, 0.29) is 17.8 Å². The van der Waals surface area contributed by atoms with Crippen LogP contribution in [0.5, 0.6) is 0 Å². The van der Waals surface area contributed by atoms with Crippen molar-refractivity contribution < 1.29 is 56.3 Å². The van der Waals surface area contributed by atoms with E-state index in [2.05, 4.69) is 24.0 Å². The van der Waals surface area contributed by atoms with Crippen molar-refractivity contribution in [3.8, 4) is 12.3 Å². The van der Waals surface area contributed by atoms with Crippen molar-refractivity contribution in [1.82, 2.24) is 9.55 Å². The fraction of sp³-hybridized carbons (Fsp3) is 0.455. The molecule has 7 N–H and O–H groups in total. The van der Waals surface area contributed by atoms with Gasteiger partial charge in [0.05, 0.1) is 18.3 Å². The molecule has 19 heteroatoms. The third kappa shape index (κ3) is 6.79. The van der Waals surface area contributed by atoms with Crippen LogP contribution in [0.3, 0.4) is 0 Å². The van der Waals surface area contributed by atoms with Crippen LogP contribution in [-0.4, -0.2) is 53.0 Å². The number of nitrogens with zero attached hydrogens (tertiary/aromatic N) is 2. The topological polar surface area (TPSA) is 250 Å². The molecule has 0 aliphatic carbocycles. The van der Waals surface area contributed by atoms with Gasteiger partial charge in [0.25, 0.3) is 0 Å². The van der Waals surface area contributed by atoms with E-state index < -0.39 is 54.2 Å². The van der Waals surface area contributed by atoms with Crippen LogP contribution >= 0.6 is 23.5 Å². The molecule has 0 radical (unpaired) electrons. The molecular weight excluding hydrogens is 475 g/mol. The first-order chi connectivity index (χ1) is 13.6. The third-order valence-corrected chi connectivity index (χ3v) is 7.27. The second kappa shape index (κ2) is 8.97. The van der Waals surface area contributed by atoms with Crippen molar-refractivity contribution in [3.63, 3.8) is 0 Å². The maximum Gasteiger partial charge on any atom is 0.490 e. The number of nitrogen functional groups attached to an aromatic ring is 1. The van der Waals surface area contributed by atoms with E-state index in [9.17, 15) is 28.5 Å². The van der Waals surface area contributed by atoms with E-state index in [1.807, 2.05) is 0 Å². The van der Waals surface area contributed by atoms with Gasteiger partial charge in [-0.25, -0.2) is 18.5 Å². The molecule has 5 atom stereocenters. The fourth-order valence-corrected chi connectivity index (χ4v) is 5.34. The Morgan fingerprint density at radius 3 is 2.47 bits per heavy atom. The highest BCUT2D eigenvalue weighted by Gasteiger charge is 2.43. The summed E-state index contributed by atoms with van der Waals surface area (Å²) in [5.41, 5.74) is 4.71. The normalized spacial score (nSPS) is 25.9. The summed E-state index contributed by atoms with van der Waals surface area (Å²) in [6, 6.07) is 0. The molecule has 2 unspecified atom stereocenters. The highest BCUT2D eigenvalue weighted by atomic mass is 31.3. The summed E-state index contributed by atoms with van der Waals surface area (Å²) in [4.78, 5) is 50.9. The van der Waals surface area contributed by atoms with Crippen molar-refractivity contribution in [3.05, 3.63) is 22.2 Å². The number of nitrogens with two attached hydrogens (primary N) is 1. The summed E-state index contributed by atoms with van der Waals surface area (Å²) in [5.74, 6) is 2.00. The fourth-order valence-electron chi connectivity index (χ4n) is 2.31.